The summed E-state index contributed by atoms with van der Waals surface area (Å²) < 4.78 is 6.34. The minimum Gasteiger partial charge on any atom is -0.484 e. The van der Waals surface area contributed by atoms with Crippen LogP contribution in [0.15, 0.2) is 22.7 Å². The molecule has 0 unspecified atom stereocenters. The molecule has 0 spiro atoms. The average Bonchev–Trinajstić information content (AvgIpc) is 3.23. The number of hydrogen-bond donors (Lipinski definition) is 1. The highest BCUT2D eigenvalue weighted by molar-refractivity contribution is 9.10. The van der Waals surface area contributed by atoms with Gasteiger partial charge in [0.1, 0.15) is 5.75 Å². The third kappa shape index (κ3) is 3.70. The molecule has 2 rings (SSSR count). The molecular formula is C14H18BrNO3. The number of aliphatic hydroxyl groups is 1. The van der Waals surface area contributed by atoms with Crippen molar-refractivity contribution in [3.63, 3.8) is 0 Å². The smallest absolute Gasteiger partial charge is 0.260 e. The normalized spacial score (nSPS) is 14.3. The molecule has 0 bridgehead atoms. The summed E-state index contributed by atoms with van der Waals surface area (Å²) in [6.45, 7) is 2.71. The molecule has 1 fully saturated rings. The molecule has 0 saturated heterocycles. The number of likely N-dealkylation sites (N-methyl/N-ethyl adjacent to an activating group) is 1. The fraction of sp³-hybridized carbons (Fsp3) is 0.500. The highest BCUT2D eigenvalue weighted by Crippen LogP contribution is 2.27. The Morgan fingerprint density at radius 1 is 1.53 bits per heavy atom. The molecular weight excluding hydrogens is 310 g/mol. The quantitative estimate of drug-likeness (QED) is 0.872. The van der Waals surface area contributed by atoms with Crippen LogP contribution in [0, 0.1) is 0 Å². The molecule has 1 N–H and O–H groups in total. The minimum atomic E-state index is -0.0606. The number of benzene rings is 1. The Morgan fingerprint density at radius 2 is 2.26 bits per heavy atom. The van der Waals surface area contributed by atoms with E-state index in [1.165, 1.54) is 0 Å². The van der Waals surface area contributed by atoms with Gasteiger partial charge in [0.2, 0.25) is 0 Å². The Labute approximate surface area is 121 Å². The van der Waals surface area contributed by atoms with E-state index in [0.29, 0.717) is 11.8 Å². The molecule has 1 saturated carbocycles. The van der Waals surface area contributed by atoms with Gasteiger partial charge in [-0.1, -0.05) is 15.9 Å². The van der Waals surface area contributed by atoms with E-state index in [1.54, 1.807) is 12.1 Å². The lowest BCUT2D eigenvalue weighted by molar-refractivity contribution is -0.133. The van der Waals surface area contributed by atoms with Crippen molar-refractivity contribution in [2.75, 3.05) is 13.2 Å². The Hall–Kier alpha value is -1.07. The first-order valence-corrected chi connectivity index (χ1v) is 7.26. The summed E-state index contributed by atoms with van der Waals surface area (Å²) in [5.74, 6) is 0.630. The number of amides is 1. The average molecular weight is 328 g/mol. The summed E-state index contributed by atoms with van der Waals surface area (Å²) in [4.78, 5) is 13.9. The second kappa shape index (κ2) is 6.39. The molecule has 4 nitrogen and oxygen atoms in total. The van der Waals surface area contributed by atoms with E-state index in [4.69, 9.17) is 9.84 Å². The number of aliphatic hydroxyl groups excluding tert-OH is 1. The summed E-state index contributed by atoms with van der Waals surface area (Å²) in [5.41, 5.74) is 0.750. The van der Waals surface area contributed by atoms with Gasteiger partial charge in [-0.3, -0.25) is 4.79 Å². The van der Waals surface area contributed by atoms with Gasteiger partial charge in [-0.05, 0) is 43.5 Å². The Balaban J connectivity index is 1.92. The summed E-state index contributed by atoms with van der Waals surface area (Å²) in [7, 11) is 0. The molecule has 19 heavy (non-hydrogen) atoms. The van der Waals surface area contributed by atoms with Gasteiger partial charge in [-0.15, -0.1) is 0 Å². The maximum atomic E-state index is 12.0. The Morgan fingerprint density at radius 3 is 2.84 bits per heavy atom. The van der Waals surface area contributed by atoms with E-state index in [-0.39, 0.29) is 19.1 Å². The first-order chi connectivity index (χ1) is 9.15. The Bertz CT molecular complexity index is 460. The van der Waals surface area contributed by atoms with Crippen LogP contribution in [-0.4, -0.2) is 35.1 Å². The number of rotatable bonds is 6. The van der Waals surface area contributed by atoms with Crippen LogP contribution in [0.4, 0.5) is 0 Å². The molecule has 104 valence electrons. The van der Waals surface area contributed by atoms with Gasteiger partial charge in [0.05, 0.1) is 6.61 Å². The second-order valence-electron chi connectivity index (χ2n) is 4.61. The topological polar surface area (TPSA) is 49.8 Å². The molecule has 1 aromatic rings. The summed E-state index contributed by atoms with van der Waals surface area (Å²) in [6, 6.07) is 5.75. The van der Waals surface area contributed by atoms with Gasteiger partial charge in [0.25, 0.3) is 5.91 Å². The van der Waals surface area contributed by atoms with E-state index < -0.39 is 0 Å². The molecule has 0 aromatic heterocycles. The van der Waals surface area contributed by atoms with E-state index in [2.05, 4.69) is 15.9 Å². The summed E-state index contributed by atoms with van der Waals surface area (Å²) >= 11 is 3.34. The van der Waals surface area contributed by atoms with E-state index in [9.17, 15) is 4.79 Å². The first-order valence-electron chi connectivity index (χ1n) is 6.47. The van der Waals surface area contributed by atoms with Gasteiger partial charge in [-0.25, -0.2) is 0 Å². The molecule has 0 atom stereocenters. The maximum absolute atomic E-state index is 12.0. The van der Waals surface area contributed by atoms with Gasteiger partial charge in [0.15, 0.2) is 6.61 Å². The van der Waals surface area contributed by atoms with Gasteiger partial charge in [0, 0.05) is 17.1 Å². The lowest BCUT2D eigenvalue weighted by Gasteiger charge is -2.20. The van der Waals surface area contributed by atoms with Crippen LogP contribution in [0.25, 0.3) is 0 Å². The molecule has 0 aliphatic heterocycles. The third-order valence-electron chi connectivity index (χ3n) is 3.20. The van der Waals surface area contributed by atoms with Crippen LogP contribution in [0.2, 0.25) is 0 Å². The van der Waals surface area contributed by atoms with Crippen LogP contribution in [0.3, 0.4) is 0 Å². The fourth-order valence-electron chi connectivity index (χ4n) is 2.01. The zero-order valence-corrected chi connectivity index (χ0v) is 12.5. The van der Waals surface area contributed by atoms with Crippen molar-refractivity contribution in [2.45, 2.75) is 32.4 Å². The van der Waals surface area contributed by atoms with Crippen molar-refractivity contribution in [3.8, 4) is 5.75 Å². The number of nitrogens with zero attached hydrogens (tertiary/aromatic N) is 1. The largest absolute Gasteiger partial charge is 0.484 e. The molecule has 1 amide bonds. The second-order valence-corrected chi connectivity index (χ2v) is 5.47. The van der Waals surface area contributed by atoms with Crippen molar-refractivity contribution in [1.82, 2.24) is 4.90 Å². The van der Waals surface area contributed by atoms with Crippen LogP contribution >= 0.6 is 15.9 Å². The summed E-state index contributed by atoms with van der Waals surface area (Å²) in [5, 5.41) is 9.17. The Kier molecular flexibility index (Phi) is 4.82. The number of halogens is 1. The van der Waals surface area contributed by atoms with Crippen LogP contribution in [0.5, 0.6) is 5.75 Å². The predicted molar refractivity (Wildman–Crippen MR) is 76.0 cm³/mol. The van der Waals surface area contributed by atoms with Gasteiger partial charge in [-0.2, -0.15) is 0 Å². The molecule has 1 aromatic carbocycles. The number of hydrogen-bond acceptors (Lipinski definition) is 3. The maximum Gasteiger partial charge on any atom is 0.260 e. The van der Waals surface area contributed by atoms with Crippen molar-refractivity contribution in [3.05, 3.63) is 28.2 Å². The van der Waals surface area contributed by atoms with Crippen molar-refractivity contribution >= 4 is 21.8 Å². The fourth-order valence-corrected chi connectivity index (χ4v) is 2.39. The zero-order valence-electron chi connectivity index (χ0n) is 10.9. The van der Waals surface area contributed by atoms with Crippen molar-refractivity contribution in [1.29, 1.82) is 0 Å². The standard InChI is InChI=1S/C14H18BrNO3/c1-2-16(11-3-4-11)14(18)9-19-12-5-6-13(15)10(7-12)8-17/h5-7,11,17H,2-4,8-9H2,1H3. The highest BCUT2D eigenvalue weighted by atomic mass is 79.9. The van der Waals surface area contributed by atoms with E-state index in [0.717, 1.165) is 29.4 Å². The first kappa shape index (κ1) is 14.3. The van der Waals surface area contributed by atoms with E-state index >= 15 is 0 Å². The van der Waals surface area contributed by atoms with Gasteiger partial charge >= 0.3 is 0 Å². The molecule has 1 aliphatic carbocycles. The predicted octanol–water partition coefficient (Wildman–Crippen LogP) is 2.33. The molecule has 0 heterocycles. The third-order valence-corrected chi connectivity index (χ3v) is 3.97. The lowest BCUT2D eigenvalue weighted by atomic mass is 10.2. The monoisotopic (exact) mass is 327 g/mol. The number of carbonyl (C=O) groups is 1. The lowest BCUT2D eigenvalue weighted by Crippen LogP contribution is -2.36. The van der Waals surface area contributed by atoms with Crippen molar-refractivity contribution < 1.29 is 14.6 Å². The SMILES string of the molecule is CCN(C(=O)COc1ccc(Br)c(CO)c1)C1CC1. The highest BCUT2D eigenvalue weighted by Gasteiger charge is 2.31. The van der Waals surface area contributed by atoms with Crippen molar-refractivity contribution in [2.24, 2.45) is 0 Å². The molecule has 5 heteroatoms. The molecule has 0 radical (unpaired) electrons. The molecule has 1 aliphatic rings. The van der Waals surface area contributed by atoms with Crippen LogP contribution < -0.4 is 4.74 Å². The van der Waals surface area contributed by atoms with Gasteiger partial charge < -0.3 is 14.7 Å². The minimum absolute atomic E-state index is 0.0264. The number of ether oxygens (including phenoxy) is 1. The number of carbonyl (C=O) groups excluding carboxylic acids is 1. The van der Waals surface area contributed by atoms with E-state index in [1.807, 2.05) is 17.9 Å². The van der Waals surface area contributed by atoms with Crippen LogP contribution in [-0.2, 0) is 11.4 Å². The van der Waals surface area contributed by atoms with Crippen LogP contribution in [0.1, 0.15) is 25.3 Å². The summed E-state index contributed by atoms with van der Waals surface area (Å²) in [6.07, 6.45) is 2.21. The zero-order chi connectivity index (χ0) is 13.8.